The number of benzene rings is 1. The van der Waals surface area contributed by atoms with Crippen molar-refractivity contribution in [1.82, 2.24) is 15.5 Å². The molecule has 1 aromatic rings. The fourth-order valence-corrected chi connectivity index (χ4v) is 5.45. The number of nitrogens with zero attached hydrogens (tertiary/aromatic N) is 1. The number of hydrogen-bond donors (Lipinski definition) is 3. The molecule has 3 amide bonds. The van der Waals surface area contributed by atoms with E-state index in [4.69, 9.17) is 41.0 Å². The Bertz CT molecular complexity index is 884. The topological polar surface area (TPSA) is 134 Å². The third-order valence-corrected chi connectivity index (χ3v) is 7.88. The Morgan fingerprint density at radius 3 is 2.45 bits per heavy atom. The molecular formula is C25H39ClN4O7S. The molecule has 2 unspecified atom stereocenters. The number of carbonyl (C=O) groups excluding carboxylic acids is 2. The molecular weight excluding hydrogens is 536 g/mol. The van der Waals surface area contributed by atoms with E-state index in [0.29, 0.717) is 78.9 Å². The first-order valence-corrected chi connectivity index (χ1v) is 14.3. The Labute approximate surface area is 233 Å². The van der Waals surface area contributed by atoms with E-state index in [-0.39, 0.29) is 34.5 Å². The predicted octanol–water partition coefficient (Wildman–Crippen LogP) is 0.953. The average Bonchev–Trinajstić information content (AvgIpc) is 2.93. The zero-order valence-corrected chi connectivity index (χ0v) is 23.4. The molecule has 3 atom stereocenters. The SMILES string of the molecule is COc1ccc2c(c1)C[C@@H](COCCOCCOCCOCCN)N(C(=O)CSC1NC(=O)NCC1Cl)C2. The van der Waals surface area contributed by atoms with Gasteiger partial charge in [0.25, 0.3) is 0 Å². The monoisotopic (exact) mass is 574 g/mol. The van der Waals surface area contributed by atoms with Gasteiger partial charge in [0.05, 0.1) is 82.5 Å². The first-order chi connectivity index (χ1) is 18.5. The standard InChI is InChI=1S/C25H39ClN4O7S/c1-33-21-3-2-18-15-30(23(31)17-38-24-22(26)14-28-25(32)29-24)20(12-19(18)13-21)16-37-11-10-36-9-8-35-7-6-34-5-4-27/h2-3,13,20,22,24H,4-12,14-17,27H2,1H3,(H2,28,29,32)/t20-,22?,24?/m0/s1. The Kier molecular flexibility index (Phi) is 13.8. The highest BCUT2D eigenvalue weighted by Crippen LogP contribution is 2.28. The van der Waals surface area contributed by atoms with Crippen LogP contribution in [0.2, 0.25) is 0 Å². The molecule has 0 saturated carbocycles. The van der Waals surface area contributed by atoms with Gasteiger partial charge in [0, 0.05) is 19.6 Å². The molecule has 2 aliphatic rings. The van der Waals surface area contributed by atoms with Crippen molar-refractivity contribution in [3.8, 4) is 5.75 Å². The summed E-state index contributed by atoms with van der Waals surface area (Å²) in [5.41, 5.74) is 7.59. The maximum atomic E-state index is 13.3. The van der Waals surface area contributed by atoms with Crippen LogP contribution in [-0.4, -0.2) is 112 Å². The summed E-state index contributed by atoms with van der Waals surface area (Å²) in [7, 11) is 1.64. The van der Waals surface area contributed by atoms with Crippen molar-refractivity contribution >= 4 is 35.3 Å². The van der Waals surface area contributed by atoms with Crippen LogP contribution in [0.25, 0.3) is 0 Å². The molecule has 1 saturated heterocycles. The van der Waals surface area contributed by atoms with Crippen molar-refractivity contribution in [2.75, 3.05) is 78.8 Å². The maximum Gasteiger partial charge on any atom is 0.315 e. The first kappa shape index (κ1) is 30.7. The molecule has 0 spiro atoms. The van der Waals surface area contributed by atoms with Gasteiger partial charge in [-0.05, 0) is 29.7 Å². The van der Waals surface area contributed by atoms with Crippen LogP contribution in [0.1, 0.15) is 11.1 Å². The number of carbonyl (C=O) groups is 2. The van der Waals surface area contributed by atoms with Gasteiger partial charge in [-0.1, -0.05) is 6.07 Å². The van der Waals surface area contributed by atoms with Gasteiger partial charge >= 0.3 is 6.03 Å². The van der Waals surface area contributed by atoms with Crippen LogP contribution in [0.4, 0.5) is 4.79 Å². The number of thioether (sulfide) groups is 1. The van der Waals surface area contributed by atoms with Crippen LogP contribution in [0, 0.1) is 0 Å². The molecule has 2 aliphatic heterocycles. The number of nitrogens with one attached hydrogen (secondary N) is 2. The number of rotatable bonds is 17. The largest absolute Gasteiger partial charge is 0.497 e. The van der Waals surface area contributed by atoms with Crippen molar-refractivity contribution in [2.24, 2.45) is 5.73 Å². The van der Waals surface area contributed by atoms with Gasteiger partial charge in [-0.2, -0.15) is 0 Å². The zero-order valence-electron chi connectivity index (χ0n) is 21.8. The van der Waals surface area contributed by atoms with Crippen molar-refractivity contribution in [3.63, 3.8) is 0 Å². The summed E-state index contributed by atoms with van der Waals surface area (Å²) in [6.07, 6.45) is 0.659. The van der Waals surface area contributed by atoms with Crippen molar-refractivity contribution < 1.29 is 33.3 Å². The molecule has 13 heteroatoms. The Balaban J connectivity index is 1.45. The highest BCUT2D eigenvalue weighted by Gasteiger charge is 2.32. The molecule has 1 fully saturated rings. The van der Waals surface area contributed by atoms with Gasteiger partial charge in [-0.25, -0.2) is 4.79 Å². The van der Waals surface area contributed by atoms with Crippen LogP contribution in [0.5, 0.6) is 5.75 Å². The number of ether oxygens (including phenoxy) is 5. The fourth-order valence-electron chi connectivity index (χ4n) is 4.11. The number of methoxy groups -OCH3 is 1. The maximum absolute atomic E-state index is 13.3. The van der Waals surface area contributed by atoms with Crippen molar-refractivity contribution in [2.45, 2.75) is 29.8 Å². The van der Waals surface area contributed by atoms with Crippen molar-refractivity contribution in [1.29, 1.82) is 0 Å². The molecule has 38 heavy (non-hydrogen) atoms. The van der Waals surface area contributed by atoms with E-state index >= 15 is 0 Å². The van der Waals surface area contributed by atoms with Crippen LogP contribution < -0.4 is 21.1 Å². The summed E-state index contributed by atoms with van der Waals surface area (Å²) in [6, 6.07) is 5.52. The minimum absolute atomic E-state index is 0.0226. The number of alkyl halides is 1. The summed E-state index contributed by atoms with van der Waals surface area (Å²) in [4.78, 5) is 26.8. The van der Waals surface area contributed by atoms with Crippen LogP contribution >= 0.6 is 23.4 Å². The molecule has 0 aliphatic carbocycles. The van der Waals surface area contributed by atoms with Crippen LogP contribution in [-0.2, 0) is 36.7 Å². The van der Waals surface area contributed by atoms with Crippen LogP contribution in [0.15, 0.2) is 18.2 Å². The van der Waals surface area contributed by atoms with Gasteiger partial charge in [0.15, 0.2) is 0 Å². The second-order valence-corrected chi connectivity index (χ2v) is 10.5. The molecule has 0 radical (unpaired) electrons. The molecule has 0 aromatic heterocycles. The minimum atomic E-state index is -0.329. The molecule has 11 nitrogen and oxygen atoms in total. The summed E-state index contributed by atoms with van der Waals surface area (Å²) in [5, 5.41) is 4.81. The van der Waals surface area contributed by atoms with E-state index < -0.39 is 0 Å². The lowest BCUT2D eigenvalue weighted by Gasteiger charge is -2.37. The van der Waals surface area contributed by atoms with E-state index in [1.807, 2.05) is 23.1 Å². The molecule has 0 bridgehead atoms. The molecule has 2 heterocycles. The zero-order chi connectivity index (χ0) is 27.2. The third kappa shape index (κ3) is 10.1. The second kappa shape index (κ2) is 17.0. The number of hydrogen-bond acceptors (Lipinski definition) is 9. The van der Waals surface area contributed by atoms with Crippen molar-refractivity contribution in [3.05, 3.63) is 29.3 Å². The quantitative estimate of drug-likeness (QED) is 0.184. The smallest absolute Gasteiger partial charge is 0.315 e. The van der Waals surface area contributed by atoms with E-state index in [9.17, 15) is 9.59 Å². The van der Waals surface area contributed by atoms with E-state index in [0.717, 1.165) is 16.9 Å². The van der Waals surface area contributed by atoms with Crippen LogP contribution in [0.3, 0.4) is 0 Å². The second-order valence-electron chi connectivity index (χ2n) is 8.82. The van der Waals surface area contributed by atoms with E-state index in [1.54, 1.807) is 7.11 Å². The Hall–Kier alpha value is -1.80. The highest BCUT2D eigenvalue weighted by molar-refractivity contribution is 8.00. The molecule has 4 N–H and O–H groups in total. The first-order valence-electron chi connectivity index (χ1n) is 12.8. The van der Waals surface area contributed by atoms with Gasteiger partial charge < -0.3 is 45.0 Å². The fraction of sp³-hybridized carbons (Fsp3) is 0.680. The third-order valence-electron chi connectivity index (χ3n) is 6.11. The lowest BCUT2D eigenvalue weighted by Crippen LogP contribution is -2.55. The number of amides is 3. The summed E-state index contributed by atoms with van der Waals surface area (Å²) >= 11 is 7.67. The Morgan fingerprint density at radius 2 is 1.76 bits per heavy atom. The summed E-state index contributed by atoms with van der Waals surface area (Å²) < 4.78 is 27.5. The van der Waals surface area contributed by atoms with E-state index in [1.165, 1.54) is 11.8 Å². The van der Waals surface area contributed by atoms with E-state index in [2.05, 4.69) is 10.6 Å². The summed E-state index contributed by atoms with van der Waals surface area (Å²) in [6.45, 7) is 5.08. The Morgan fingerprint density at radius 1 is 1.08 bits per heavy atom. The minimum Gasteiger partial charge on any atom is -0.497 e. The number of fused-ring (bicyclic) bond motifs is 1. The molecule has 3 rings (SSSR count). The van der Waals surface area contributed by atoms with Gasteiger partial charge in [-0.3, -0.25) is 4.79 Å². The molecule has 214 valence electrons. The average molecular weight is 575 g/mol. The normalized spacial score (nSPS) is 21.0. The lowest BCUT2D eigenvalue weighted by molar-refractivity contribution is -0.133. The number of nitrogens with two attached hydrogens (primary N) is 1. The van der Waals surface area contributed by atoms with Gasteiger partial charge in [-0.15, -0.1) is 23.4 Å². The highest BCUT2D eigenvalue weighted by atomic mass is 35.5. The predicted molar refractivity (Wildman–Crippen MR) is 146 cm³/mol. The summed E-state index contributed by atoms with van der Waals surface area (Å²) in [5.74, 6) is 0.969. The molecule has 1 aromatic carbocycles. The van der Waals surface area contributed by atoms with Gasteiger partial charge in [0.1, 0.15) is 5.75 Å². The van der Waals surface area contributed by atoms with Gasteiger partial charge in [0.2, 0.25) is 5.91 Å². The lowest BCUT2D eigenvalue weighted by atomic mass is 9.94. The number of urea groups is 1. The number of halogens is 1.